The zero-order chi connectivity index (χ0) is 16.1. The highest BCUT2D eigenvalue weighted by molar-refractivity contribution is 5.25. The third kappa shape index (κ3) is 4.66. The standard InChI is InChI=1S/C18H28FN3O/c1-15(19)10-18(22-6-8-23-9-7-22)4-2-3-5-21-13-16-11-20-12-17(16)14-21/h2,4,10,16-17,20H,1,3,5-9,11-14H2/b4-2-,18-10+. The molecular weight excluding hydrogens is 293 g/mol. The molecular formula is C18H28FN3O. The third-order valence-corrected chi connectivity index (χ3v) is 5.05. The van der Waals surface area contributed by atoms with Crippen molar-refractivity contribution >= 4 is 0 Å². The van der Waals surface area contributed by atoms with Crippen LogP contribution < -0.4 is 5.32 Å². The fourth-order valence-corrected chi connectivity index (χ4v) is 3.82. The first-order chi connectivity index (χ1) is 11.2. The van der Waals surface area contributed by atoms with Crippen molar-refractivity contribution in [2.45, 2.75) is 6.42 Å². The molecule has 0 aromatic heterocycles. The summed E-state index contributed by atoms with van der Waals surface area (Å²) < 4.78 is 18.6. The Labute approximate surface area is 138 Å². The number of hydrogen-bond acceptors (Lipinski definition) is 4. The van der Waals surface area contributed by atoms with Crippen LogP contribution in [0.25, 0.3) is 0 Å². The summed E-state index contributed by atoms with van der Waals surface area (Å²) in [6.07, 6.45) is 6.73. The maximum absolute atomic E-state index is 13.2. The van der Waals surface area contributed by atoms with E-state index in [-0.39, 0.29) is 0 Å². The quantitative estimate of drug-likeness (QED) is 0.755. The lowest BCUT2D eigenvalue weighted by molar-refractivity contribution is 0.0553. The molecule has 2 atom stereocenters. The zero-order valence-corrected chi connectivity index (χ0v) is 13.8. The molecule has 3 aliphatic heterocycles. The highest BCUT2D eigenvalue weighted by Gasteiger charge is 2.35. The number of morpholine rings is 1. The molecule has 0 aromatic rings. The largest absolute Gasteiger partial charge is 0.378 e. The molecule has 0 amide bonds. The summed E-state index contributed by atoms with van der Waals surface area (Å²) >= 11 is 0. The van der Waals surface area contributed by atoms with Gasteiger partial charge in [-0.15, -0.1) is 0 Å². The van der Waals surface area contributed by atoms with Gasteiger partial charge in [0.05, 0.1) is 13.2 Å². The second kappa shape index (κ2) is 8.08. The highest BCUT2D eigenvalue weighted by Crippen LogP contribution is 2.26. The van der Waals surface area contributed by atoms with Gasteiger partial charge in [0.2, 0.25) is 0 Å². The van der Waals surface area contributed by atoms with Gasteiger partial charge >= 0.3 is 0 Å². The van der Waals surface area contributed by atoms with Gasteiger partial charge in [0.1, 0.15) is 5.83 Å². The Morgan fingerprint density at radius 2 is 1.91 bits per heavy atom. The number of nitrogens with zero attached hydrogens (tertiary/aromatic N) is 2. The number of ether oxygens (including phenoxy) is 1. The first-order valence-electron chi connectivity index (χ1n) is 8.71. The van der Waals surface area contributed by atoms with Crippen LogP contribution in [-0.4, -0.2) is 68.8 Å². The van der Waals surface area contributed by atoms with Crippen LogP contribution in [0, 0.1) is 11.8 Å². The molecule has 0 aromatic carbocycles. The average Bonchev–Trinajstić information content (AvgIpc) is 3.12. The van der Waals surface area contributed by atoms with Crippen molar-refractivity contribution in [2.24, 2.45) is 11.8 Å². The van der Waals surface area contributed by atoms with E-state index in [0.717, 1.165) is 43.6 Å². The lowest BCUT2D eigenvalue weighted by atomic mass is 10.0. The van der Waals surface area contributed by atoms with Gasteiger partial charge < -0.3 is 19.9 Å². The third-order valence-electron chi connectivity index (χ3n) is 5.05. The molecule has 0 bridgehead atoms. The molecule has 0 spiro atoms. The summed E-state index contributed by atoms with van der Waals surface area (Å²) in [6.45, 7) is 12.3. The van der Waals surface area contributed by atoms with Crippen LogP contribution >= 0.6 is 0 Å². The van der Waals surface area contributed by atoms with Gasteiger partial charge in [-0.3, -0.25) is 0 Å². The fourth-order valence-electron chi connectivity index (χ4n) is 3.82. The van der Waals surface area contributed by atoms with Gasteiger partial charge in [0, 0.05) is 38.4 Å². The monoisotopic (exact) mass is 321 g/mol. The number of likely N-dealkylation sites (tertiary alicyclic amines) is 1. The Hall–Kier alpha value is -1.17. The highest BCUT2D eigenvalue weighted by atomic mass is 19.1. The maximum Gasteiger partial charge on any atom is 0.118 e. The van der Waals surface area contributed by atoms with E-state index in [1.165, 1.54) is 32.3 Å². The van der Waals surface area contributed by atoms with Crippen LogP contribution in [0.5, 0.6) is 0 Å². The number of allylic oxidation sites excluding steroid dienone is 3. The van der Waals surface area contributed by atoms with Crippen LogP contribution in [0.2, 0.25) is 0 Å². The zero-order valence-electron chi connectivity index (χ0n) is 13.8. The van der Waals surface area contributed by atoms with Gasteiger partial charge in [0.15, 0.2) is 0 Å². The lowest BCUT2D eigenvalue weighted by Gasteiger charge is -2.29. The van der Waals surface area contributed by atoms with E-state index in [4.69, 9.17) is 4.74 Å². The number of halogens is 1. The molecule has 0 aliphatic carbocycles. The van der Waals surface area contributed by atoms with Gasteiger partial charge in [-0.05, 0) is 43.5 Å². The SMILES string of the molecule is C=C(F)/C=C(\C=C/CCN1CC2CNCC2C1)N1CCOCC1. The van der Waals surface area contributed by atoms with Crippen molar-refractivity contribution in [3.63, 3.8) is 0 Å². The molecule has 2 unspecified atom stereocenters. The van der Waals surface area contributed by atoms with E-state index in [0.29, 0.717) is 13.2 Å². The topological polar surface area (TPSA) is 27.7 Å². The van der Waals surface area contributed by atoms with E-state index in [1.807, 2.05) is 6.08 Å². The fraction of sp³-hybridized carbons (Fsp3) is 0.667. The first-order valence-corrected chi connectivity index (χ1v) is 8.71. The van der Waals surface area contributed by atoms with E-state index in [2.05, 4.69) is 27.8 Å². The molecule has 128 valence electrons. The van der Waals surface area contributed by atoms with Crippen molar-refractivity contribution in [1.29, 1.82) is 0 Å². The molecule has 3 saturated heterocycles. The van der Waals surface area contributed by atoms with Gasteiger partial charge in [-0.25, -0.2) is 4.39 Å². The smallest absolute Gasteiger partial charge is 0.118 e. The minimum atomic E-state index is -0.393. The summed E-state index contributed by atoms with van der Waals surface area (Å²) in [6, 6.07) is 0. The second-order valence-electron chi connectivity index (χ2n) is 6.74. The summed E-state index contributed by atoms with van der Waals surface area (Å²) in [5, 5.41) is 3.47. The van der Waals surface area contributed by atoms with Crippen molar-refractivity contribution < 1.29 is 9.13 Å². The van der Waals surface area contributed by atoms with Crippen molar-refractivity contribution in [1.82, 2.24) is 15.1 Å². The molecule has 5 heteroatoms. The summed E-state index contributed by atoms with van der Waals surface area (Å²) in [5.41, 5.74) is 0.906. The predicted molar refractivity (Wildman–Crippen MR) is 90.8 cm³/mol. The van der Waals surface area contributed by atoms with E-state index in [9.17, 15) is 4.39 Å². The van der Waals surface area contributed by atoms with Crippen molar-refractivity contribution in [3.8, 4) is 0 Å². The molecule has 23 heavy (non-hydrogen) atoms. The van der Waals surface area contributed by atoms with Gasteiger partial charge in [0.25, 0.3) is 0 Å². The number of nitrogens with one attached hydrogen (secondary N) is 1. The summed E-state index contributed by atoms with van der Waals surface area (Å²) in [5.74, 6) is 1.30. The molecule has 3 heterocycles. The Morgan fingerprint density at radius 3 is 2.57 bits per heavy atom. The van der Waals surface area contributed by atoms with Crippen LogP contribution in [0.15, 0.2) is 36.3 Å². The molecule has 3 fully saturated rings. The van der Waals surface area contributed by atoms with E-state index < -0.39 is 5.83 Å². The Bertz CT molecular complexity index is 459. The van der Waals surface area contributed by atoms with E-state index >= 15 is 0 Å². The predicted octanol–water partition coefficient (Wildman–Crippen LogP) is 1.78. The van der Waals surface area contributed by atoms with Crippen molar-refractivity contribution in [3.05, 3.63) is 36.3 Å². The lowest BCUT2D eigenvalue weighted by Crippen LogP contribution is -2.35. The van der Waals surface area contributed by atoms with Gasteiger partial charge in [-0.2, -0.15) is 0 Å². The number of fused-ring (bicyclic) bond motifs is 1. The second-order valence-corrected chi connectivity index (χ2v) is 6.74. The number of hydrogen-bond donors (Lipinski definition) is 1. The molecule has 0 radical (unpaired) electrons. The molecule has 0 saturated carbocycles. The minimum absolute atomic E-state index is 0.393. The van der Waals surface area contributed by atoms with Crippen LogP contribution in [-0.2, 0) is 4.74 Å². The van der Waals surface area contributed by atoms with Gasteiger partial charge in [-0.1, -0.05) is 12.7 Å². The Kier molecular flexibility index (Phi) is 5.86. The van der Waals surface area contributed by atoms with Crippen LogP contribution in [0.3, 0.4) is 0 Å². The van der Waals surface area contributed by atoms with Crippen molar-refractivity contribution in [2.75, 3.05) is 59.0 Å². The Balaban J connectivity index is 1.47. The maximum atomic E-state index is 13.2. The first kappa shape index (κ1) is 16.7. The average molecular weight is 321 g/mol. The van der Waals surface area contributed by atoms with Crippen LogP contribution in [0.1, 0.15) is 6.42 Å². The minimum Gasteiger partial charge on any atom is -0.378 e. The molecule has 4 nitrogen and oxygen atoms in total. The molecule has 3 rings (SSSR count). The van der Waals surface area contributed by atoms with Crippen LogP contribution in [0.4, 0.5) is 4.39 Å². The number of rotatable bonds is 6. The summed E-state index contributed by atoms with van der Waals surface area (Å²) in [4.78, 5) is 4.73. The van der Waals surface area contributed by atoms with E-state index in [1.54, 1.807) is 0 Å². The summed E-state index contributed by atoms with van der Waals surface area (Å²) in [7, 11) is 0. The molecule has 3 aliphatic rings. The Morgan fingerprint density at radius 1 is 1.22 bits per heavy atom. The molecule has 1 N–H and O–H groups in total. The normalized spacial score (nSPS) is 29.4.